The molecular weight excluding hydrogens is 849 g/mol. The average molecular weight is 913 g/mol. The summed E-state index contributed by atoms with van der Waals surface area (Å²) in [5.41, 5.74) is 11.4. The molecule has 2 aliphatic carbocycles. The second-order valence-corrected chi connectivity index (χ2v) is 19.8. The Morgan fingerprint density at radius 1 is 0.329 bits per heavy atom. The number of anilines is 6. The molecule has 70 heavy (non-hydrogen) atoms. The van der Waals surface area contributed by atoms with Crippen LogP contribution < -0.4 is 9.80 Å². The van der Waals surface area contributed by atoms with Crippen molar-refractivity contribution in [1.82, 2.24) is 8.80 Å². The highest BCUT2D eigenvalue weighted by molar-refractivity contribution is 6.29. The molecule has 0 saturated heterocycles. The molecule has 4 heterocycles. The van der Waals surface area contributed by atoms with Crippen molar-refractivity contribution < 1.29 is 13.7 Å². The van der Waals surface area contributed by atoms with Crippen LogP contribution in [0.3, 0.4) is 0 Å². The lowest BCUT2D eigenvalue weighted by Gasteiger charge is -2.27. The predicted molar refractivity (Wildman–Crippen MR) is 297 cm³/mol. The molecule has 2 fully saturated rings. The standard InChI is InChI=1S/C66H54N4/c1-5-15-43(16-6-1)45-27-31-49(32-28-45)67(47-19-9-3-10-20-47)51-35-37-53-55-23-13-25-57-59-42-64-60(41-63(59)69(65(55)57)61(53)39-51)58-26-14-24-56-54-38-36-52(40-62(54)70(64)66(56)58)68(48-21-11-4-12-22-48)50-33-29-46(30-34-50)44-17-7-2-8-18-44/h3-4,9-14,19-44H,1-2,5-8,15-18H2/i3D,4D,9D,10D,11D,12D,19D,20D,21D,22D. The summed E-state index contributed by atoms with van der Waals surface area (Å²) < 4.78 is 93.6. The van der Waals surface area contributed by atoms with Gasteiger partial charge in [0.2, 0.25) is 0 Å². The Labute approximate surface area is 422 Å². The van der Waals surface area contributed by atoms with Crippen LogP contribution in [0.1, 0.15) is 101 Å². The van der Waals surface area contributed by atoms with Crippen molar-refractivity contribution in [3.05, 3.63) is 205 Å². The molecule has 0 aliphatic heterocycles. The summed E-state index contributed by atoms with van der Waals surface area (Å²) in [5, 5.41) is 8.47. The topological polar surface area (TPSA) is 15.3 Å². The molecule has 0 unspecified atom stereocenters. The van der Waals surface area contributed by atoms with E-state index in [1.165, 1.54) is 49.7 Å². The minimum atomic E-state index is -0.435. The van der Waals surface area contributed by atoms with Gasteiger partial charge in [-0.05, 0) is 133 Å². The lowest BCUT2D eigenvalue weighted by atomic mass is 9.84. The lowest BCUT2D eigenvalue weighted by Crippen LogP contribution is -2.10. The van der Waals surface area contributed by atoms with Crippen molar-refractivity contribution in [3.8, 4) is 0 Å². The number of rotatable bonds is 8. The molecule has 338 valence electrons. The maximum atomic E-state index is 9.24. The molecule has 0 N–H and O–H groups in total. The van der Waals surface area contributed by atoms with Gasteiger partial charge >= 0.3 is 0 Å². The second kappa shape index (κ2) is 15.9. The molecule has 0 radical (unpaired) electrons. The highest BCUT2D eigenvalue weighted by Crippen LogP contribution is 2.48. The quantitative estimate of drug-likeness (QED) is 0.151. The van der Waals surface area contributed by atoms with Gasteiger partial charge in [0, 0.05) is 77.2 Å². The fraction of sp³-hybridized carbons (Fsp3) is 0.182. The molecule has 13 aromatic rings. The molecule has 0 spiro atoms. The Balaban J connectivity index is 0.940. The Morgan fingerprint density at radius 2 is 0.686 bits per heavy atom. The number of fused-ring (bicyclic) bond motifs is 12. The van der Waals surface area contributed by atoms with E-state index in [2.05, 4.69) is 106 Å². The summed E-state index contributed by atoms with van der Waals surface area (Å²) in [6.45, 7) is 0. The van der Waals surface area contributed by atoms with Crippen LogP contribution >= 0.6 is 0 Å². The van der Waals surface area contributed by atoms with Crippen molar-refractivity contribution in [2.24, 2.45) is 0 Å². The van der Waals surface area contributed by atoms with E-state index in [9.17, 15) is 5.48 Å². The molecule has 4 nitrogen and oxygen atoms in total. The van der Waals surface area contributed by atoms with E-state index in [1.807, 2.05) is 46.2 Å². The minimum absolute atomic E-state index is 0.0894. The van der Waals surface area contributed by atoms with Crippen LogP contribution in [0.4, 0.5) is 34.1 Å². The van der Waals surface area contributed by atoms with E-state index >= 15 is 0 Å². The van der Waals surface area contributed by atoms with Crippen molar-refractivity contribution in [2.45, 2.75) is 76.0 Å². The molecule has 0 bridgehead atoms. The summed E-state index contributed by atoms with van der Waals surface area (Å²) in [5.74, 6) is 0.940. The van der Waals surface area contributed by atoms with Gasteiger partial charge in [-0.2, -0.15) is 0 Å². The van der Waals surface area contributed by atoms with E-state index in [4.69, 9.17) is 8.22 Å². The summed E-state index contributed by atoms with van der Waals surface area (Å²) >= 11 is 0. The van der Waals surface area contributed by atoms with Crippen molar-refractivity contribution in [1.29, 1.82) is 0 Å². The molecule has 0 atom stereocenters. The van der Waals surface area contributed by atoms with Crippen LogP contribution in [0.25, 0.3) is 76.2 Å². The molecule has 2 aliphatic rings. The van der Waals surface area contributed by atoms with E-state index in [0.717, 1.165) is 102 Å². The van der Waals surface area contributed by atoms with Gasteiger partial charge in [0.25, 0.3) is 0 Å². The minimum Gasteiger partial charge on any atom is -0.310 e. The number of para-hydroxylation sites is 4. The highest BCUT2D eigenvalue weighted by atomic mass is 15.1. The highest BCUT2D eigenvalue weighted by Gasteiger charge is 2.25. The Kier molecular flexibility index (Phi) is 7.10. The summed E-state index contributed by atoms with van der Waals surface area (Å²) in [6, 6.07) is 43.0. The Morgan fingerprint density at radius 3 is 1.09 bits per heavy atom. The van der Waals surface area contributed by atoms with Crippen molar-refractivity contribution in [3.63, 3.8) is 0 Å². The number of nitrogens with zero attached hydrogens (tertiary/aromatic N) is 4. The second-order valence-electron chi connectivity index (χ2n) is 19.8. The molecule has 4 heteroatoms. The number of hydrogen-bond donors (Lipinski definition) is 0. The number of benzene rings is 9. The van der Waals surface area contributed by atoms with Gasteiger partial charge in [-0.15, -0.1) is 0 Å². The third kappa shape index (κ3) is 6.08. The molecule has 9 aromatic carbocycles. The average Bonchev–Trinajstić information content (AvgIpc) is 4.43. The zero-order chi connectivity index (χ0) is 54.6. The van der Waals surface area contributed by atoms with Crippen LogP contribution in [-0.2, 0) is 0 Å². The number of aromatic nitrogens is 2. The molecular formula is C66H54N4. The maximum Gasteiger partial charge on any atom is 0.0645 e. The monoisotopic (exact) mass is 912 g/mol. The largest absolute Gasteiger partial charge is 0.310 e. The third-order valence-corrected chi connectivity index (χ3v) is 16.1. The zero-order valence-corrected chi connectivity index (χ0v) is 38.7. The van der Waals surface area contributed by atoms with Crippen molar-refractivity contribution >= 4 is 110 Å². The molecule has 2 saturated carbocycles. The zero-order valence-electron chi connectivity index (χ0n) is 48.7. The first kappa shape index (κ1) is 31.3. The van der Waals surface area contributed by atoms with Gasteiger partial charge in [0.15, 0.2) is 0 Å². The van der Waals surface area contributed by atoms with E-state index in [0.29, 0.717) is 34.6 Å². The first-order valence-corrected chi connectivity index (χ1v) is 25.2. The van der Waals surface area contributed by atoms with Gasteiger partial charge in [-0.1, -0.05) is 148 Å². The molecule has 0 amide bonds. The smallest absolute Gasteiger partial charge is 0.0645 e. The van der Waals surface area contributed by atoms with Crippen LogP contribution in [-0.4, -0.2) is 8.80 Å². The lowest BCUT2D eigenvalue weighted by molar-refractivity contribution is 0.443. The summed E-state index contributed by atoms with van der Waals surface area (Å²) in [6.07, 6.45) is 11.9. The van der Waals surface area contributed by atoms with E-state index < -0.39 is 12.1 Å². The Hall–Kier alpha value is -7.82. The molecule has 4 aromatic heterocycles. The first-order chi connectivity index (χ1) is 38.9. The van der Waals surface area contributed by atoms with Gasteiger partial charge in [-0.3, -0.25) is 0 Å². The van der Waals surface area contributed by atoms with Gasteiger partial charge in [0.1, 0.15) is 0 Å². The van der Waals surface area contributed by atoms with Crippen LogP contribution in [0.2, 0.25) is 0 Å². The maximum absolute atomic E-state index is 9.24. The normalized spacial score (nSPS) is 17.3. The summed E-state index contributed by atoms with van der Waals surface area (Å²) in [7, 11) is 0. The van der Waals surface area contributed by atoms with Gasteiger partial charge in [-0.25, -0.2) is 0 Å². The van der Waals surface area contributed by atoms with Gasteiger partial charge in [0.05, 0.1) is 46.8 Å². The first-order valence-electron chi connectivity index (χ1n) is 30.2. The van der Waals surface area contributed by atoms with Crippen LogP contribution in [0, 0.1) is 0 Å². The molecule has 15 rings (SSSR count). The summed E-state index contributed by atoms with van der Waals surface area (Å²) in [4.78, 5) is 3.65. The van der Waals surface area contributed by atoms with E-state index in [-0.39, 0.29) is 59.7 Å². The predicted octanol–water partition coefficient (Wildman–Crippen LogP) is 19.0. The number of hydrogen-bond acceptors (Lipinski definition) is 2. The van der Waals surface area contributed by atoms with Crippen LogP contribution in [0.15, 0.2) is 194 Å². The van der Waals surface area contributed by atoms with Gasteiger partial charge < -0.3 is 18.6 Å². The van der Waals surface area contributed by atoms with E-state index in [1.54, 1.807) is 0 Å². The Bertz CT molecular complexity index is 4330. The van der Waals surface area contributed by atoms with Crippen molar-refractivity contribution in [2.75, 3.05) is 9.80 Å². The SMILES string of the molecule is [2H]c1c([2H])c([2H])c(N(c2ccc(C3CCCCC3)cc2)c2ccc3c4cccc5c6cc7c(cc6n(c3c2)c45)c2cccc3c4ccc(N(c5ccc(C6CCCCC6)cc5)c5c([2H])c([2H])c([2H])c([2H])c5[2H])cc4n7c32)c([2H])c1[2H]. The third-order valence-electron chi connectivity index (χ3n) is 16.1. The fourth-order valence-corrected chi connectivity index (χ4v) is 12.9. The van der Waals surface area contributed by atoms with Crippen LogP contribution in [0.5, 0.6) is 0 Å². The fourth-order valence-electron chi connectivity index (χ4n) is 12.9.